The summed E-state index contributed by atoms with van der Waals surface area (Å²) in [4.78, 5) is 4.30. The molecule has 1 aromatic carbocycles. The summed E-state index contributed by atoms with van der Waals surface area (Å²) in [6.07, 6.45) is 6.55. The number of aromatic nitrogens is 2. The molecule has 5 rings (SSSR count). The minimum Gasteiger partial charge on any atom is -0.557 e. The van der Waals surface area contributed by atoms with Crippen molar-refractivity contribution in [2.75, 3.05) is 0 Å². The fourth-order valence-electron chi connectivity index (χ4n) is 4.09. The molecular weight excluding hydrogens is 389 g/mol. The molecule has 0 spiro atoms. The molecule has 0 atom stereocenters. The van der Waals surface area contributed by atoms with Gasteiger partial charge in [-0.1, -0.05) is 42.4 Å². The van der Waals surface area contributed by atoms with Crippen LogP contribution < -0.4 is 9.38 Å². The van der Waals surface area contributed by atoms with Gasteiger partial charge in [0, 0.05) is 23.2 Å². The molecule has 1 fully saturated rings. The van der Waals surface area contributed by atoms with E-state index in [9.17, 15) is 13.6 Å². The lowest BCUT2D eigenvalue weighted by molar-refractivity contribution is 0.196. The van der Waals surface area contributed by atoms with Gasteiger partial charge in [-0.25, -0.2) is 18.1 Å². The smallest absolute Gasteiger partial charge is 0.401 e. The molecule has 0 amide bonds. The molecule has 2 N–H and O–H groups in total. The van der Waals surface area contributed by atoms with E-state index in [0.717, 1.165) is 26.8 Å². The van der Waals surface area contributed by atoms with Crippen LogP contribution in [0.3, 0.4) is 0 Å². The van der Waals surface area contributed by atoms with Crippen LogP contribution in [0.5, 0.6) is 5.75 Å². The number of hydrogen-bond donors (Lipinski definition) is 2. The summed E-state index contributed by atoms with van der Waals surface area (Å²) in [6.45, 7) is 0. The molecule has 2 aromatic heterocycles. The summed E-state index contributed by atoms with van der Waals surface area (Å²) < 4.78 is 34.3. The van der Waals surface area contributed by atoms with E-state index in [0.29, 0.717) is 24.2 Å². The average Bonchev–Trinajstić information content (AvgIpc) is 3.01. The molecule has 0 unspecified atom stereocenters. The van der Waals surface area contributed by atoms with Crippen LogP contribution in [0.1, 0.15) is 35.4 Å². The van der Waals surface area contributed by atoms with Gasteiger partial charge in [-0.2, -0.15) is 4.73 Å². The SMILES string of the molecule is O=S(=O)(Cc1ccccc1)NC1CC(c2cn(O)c3ncc4c(c23)C=C[B]O4)C1. The van der Waals surface area contributed by atoms with E-state index in [1.807, 2.05) is 42.4 Å². The molecule has 9 heteroatoms. The van der Waals surface area contributed by atoms with Gasteiger partial charge in [0.05, 0.1) is 11.9 Å². The minimum atomic E-state index is -3.40. The molecule has 147 valence electrons. The van der Waals surface area contributed by atoms with Crippen LogP contribution in [0.25, 0.3) is 17.1 Å². The van der Waals surface area contributed by atoms with E-state index < -0.39 is 10.0 Å². The molecule has 1 aliphatic carbocycles. The Labute approximate surface area is 169 Å². The van der Waals surface area contributed by atoms with Crippen molar-refractivity contribution in [1.29, 1.82) is 0 Å². The third-order valence-electron chi connectivity index (χ3n) is 5.49. The Hall–Kier alpha value is -2.78. The fraction of sp³-hybridized carbons (Fsp3) is 0.250. The predicted molar refractivity (Wildman–Crippen MR) is 110 cm³/mol. The summed E-state index contributed by atoms with van der Waals surface area (Å²) in [5, 5.41) is 11.1. The number of hydrogen-bond acceptors (Lipinski definition) is 5. The lowest BCUT2D eigenvalue weighted by Crippen LogP contribution is -2.43. The normalized spacial score (nSPS) is 20.6. The van der Waals surface area contributed by atoms with Crippen molar-refractivity contribution >= 4 is 34.6 Å². The summed E-state index contributed by atoms with van der Waals surface area (Å²) in [6, 6.07) is 9.03. The van der Waals surface area contributed by atoms with Crippen LogP contribution in [0.2, 0.25) is 0 Å². The number of nitrogens with one attached hydrogen (secondary N) is 1. The lowest BCUT2D eigenvalue weighted by Gasteiger charge is -2.35. The molecule has 3 aromatic rings. The van der Waals surface area contributed by atoms with Gasteiger partial charge in [-0.3, -0.25) is 0 Å². The Balaban J connectivity index is 1.34. The van der Waals surface area contributed by atoms with E-state index in [-0.39, 0.29) is 17.7 Å². The molecule has 7 nitrogen and oxygen atoms in total. The van der Waals surface area contributed by atoms with Crippen LogP contribution in [0.15, 0.2) is 48.7 Å². The maximum Gasteiger partial charge on any atom is 0.401 e. The Bertz CT molecular complexity index is 1200. The molecule has 1 aliphatic heterocycles. The second-order valence-corrected chi connectivity index (χ2v) is 9.26. The van der Waals surface area contributed by atoms with Crippen LogP contribution in [-0.4, -0.2) is 36.9 Å². The zero-order valence-electron chi connectivity index (χ0n) is 15.5. The third-order valence-corrected chi connectivity index (χ3v) is 6.90. The number of fused-ring (bicyclic) bond motifs is 3. The lowest BCUT2D eigenvalue weighted by atomic mass is 9.76. The first-order chi connectivity index (χ1) is 14.0. The van der Waals surface area contributed by atoms with Crippen LogP contribution >= 0.6 is 0 Å². The van der Waals surface area contributed by atoms with Gasteiger partial charge in [0.15, 0.2) is 5.65 Å². The minimum absolute atomic E-state index is 0.0268. The van der Waals surface area contributed by atoms with Crippen molar-refractivity contribution in [2.24, 2.45) is 0 Å². The van der Waals surface area contributed by atoms with E-state index in [2.05, 4.69) is 9.71 Å². The number of nitrogens with zero attached hydrogens (tertiary/aromatic N) is 2. The second-order valence-electron chi connectivity index (χ2n) is 7.50. The highest BCUT2D eigenvalue weighted by Gasteiger charge is 2.36. The van der Waals surface area contributed by atoms with Gasteiger partial charge in [0.1, 0.15) is 5.75 Å². The number of pyridine rings is 1. The monoisotopic (exact) mass is 408 g/mol. The molecule has 1 radical (unpaired) electrons. The van der Waals surface area contributed by atoms with Gasteiger partial charge < -0.3 is 9.86 Å². The highest BCUT2D eigenvalue weighted by Crippen LogP contribution is 2.43. The first-order valence-corrected chi connectivity index (χ1v) is 11.1. The van der Waals surface area contributed by atoms with E-state index >= 15 is 0 Å². The third kappa shape index (κ3) is 3.40. The Kier molecular flexibility index (Phi) is 4.36. The number of sulfonamides is 1. The van der Waals surface area contributed by atoms with Crippen molar-refractivity contribution in [3.05, 3.63) is 65.4 Å². The molecular formula is C20H19BN3O4S. The van der Waals surface area contributed by atoms with Gasteiger partial charge in [-0.05, 0) is 29.9 Å². The zero-order chi connectivity index (χ0) is 20.0. The first-order valence-electron chi connectivity index (χ1n) is 9.44. The highest BCUT2D eigenvalue weighted by atomic mass is 32.2. The van der Waals surface area contributed by atoms with Gasteiger partial charge in [-0.15, -0.1) is 0 Å². The standard InChI is InChI=1S/C20H19BN3O4S/c25-24-11-17(19-16-6-7-21-28-18(16)10-22-20(19)24)14-8-15(9-14)23-29(26,27)12-13-4-2-1-3-5-13/h1-7,10-11,14-15,23,25H,8-9,12H2. The Morgan fingerprint density at radius 1 is 1.28 bits per heavy atom. The van der Waals surface area contributed by atoms with Crippen molar-refractivity contribution in [2.45, 2.75) is 30.6 Å². The van der Waals surface area contributed by atoms with E-state index in [1.54, 1.807) is 19.9 Å². The summed E-state index contributed by atoms with van der Waals surface area (Å²) in [5.74, 6) is 2.57. The summed E-state index contributed by atoms with van der Waals surface area (Å²) >= 11 is 0. The highest BCUT2D eigenvalue weighted by molar-refractivity contribution is 7.88. The van der Waals surface area contributed by atoms with Crippen molar-refractivity contribution in [3.63, 3.8) is 0 Å². The van der Waals surface area contributed by atoms with E-state index in [1.165, 1.54) is 0 Å². The maximum atomic E-state index is 12.5. The van der Waals surface area contributed by atoms with Crippen molar-refractivity contribution in [3.8, 4) is 5.75 Å². The average molecular weight is 408 g/mol. The maximum absolute atomic E-state index is 12.5. The molecule has 0 saturated heterocycles. The van der Waals surface area contributed by atoms with Gasteiger partial charge in [0.2, 0.25) is 10.0 Å². The molecule has 3 heterocycles. The van der Waals surface area contributed by atoms with Gasteiger partial charge in [0.25, 0.3) is 0 Å². The topological polar surface area (TPSA) is 93.5 Å². The fourth-order valence-corrected chi connectivity index (χ4v) is 5.50. The zero-order valence-corrected chi connectivity index (χ0v) is 16.3. The van der Waals surface area contributed by atoms with Gasteiger partial charge >= 0.3 is 7.48 Å². The molecule has 2 aliphatic rings. The molecule has 29 heavy (non-hydrogen) atoms. The summed E-state index contributed by atoms with van der Waals surface area (Å²) in [5.41, 5.74) is 3.08. The Morgan fingerprint density at radius 2 is 2.07 bits per heavy atom. The quantitative estimate of drug-likeness (QED) is 0.500. The number of rotatable bonds is 5. The van der Waals surface area contributed by atoms with Crippen LogP contribution in [0.4, 0.5) is 0 Å². The molecule has 0 bridgehead atoms. The van der Waals surface area contributed by atoms with Crippen molar-refractivity contribution < 1.29 is 18.3 Å². The first kappa shape index (κ1) is 18.3. The van der Waals surface area contributed by atoms with Crippen molar-refractivity contribution in [1.82, 2.24) is 14.4 Å². The largest absolute Gasteiger partial charge is 0.557 e. The Morgan fingerprint density at radius 3 is 2.86 bits per heavy atom. The van der Waals surface area contributed by atoms with Crippen LogP contribution in [-0.2, 0) is 15.8 Å². The predicted octanol–water partition coefficient (Wildman–Crippen LogP) is 2.62. The van der Waals surface area contributed by atoms with Crippen LogP contribution in [0, 0.1) is 0 Å². The second kappa shape index (κ2) is 6.93. The number of benzene rings is 1. The van der Waals surface area contributed by atoms with E-state index in [4.69, 9.17) is 4.65 Å². The summed E-state index contributed by atoms with van der Waals surface area (Å²) in [7, 11) is -1.81. The molecule has 1 saturated carbocycles.